The van der Waals surface area contributed by atoms with Gasteiger partial charge in [0.2, 0.25) is 0 Å². The third-order valence-electron chi connectivity index (χ3n) is 4.03. The van der Waals surface area contributed by atoms with E-state index in [0.29, 0.717) is 42.8 Å². The zero-order valence-electron chi connectivity index (χ0n) is 15.1. The summed E-state index contributed by atoms with van der Waals surface area (Å²) in [6, 6.07) is 5.39. The highest BCUT2D eigenvalue weighted by molar-refractivity contribution is 7.13. The minimum atomic E-state index is -0.625. The lowest BCUT2D eigenvalue weighted by Gasteiger charge is -2.26. The Hall–Kier alpha value is -2.65. The highest BCUT2D eigenvalue weighted by Gasteiger charge is 2.20. The summed E-state index contributed by atoms with van der Waals surface area (Å²) >= 11 is 1.31. The number of carbonyl (C=O) groups is 2. The summed E-state index contributed by atoms with van der Waals surface area (Å²) in [5.41, 5.74) is 0.959. The molecule has 27 heavy (non-hydrogen) atoms. The Morgan fingerprint density at radius 1 is 1.19 bits per heavy atom. The van der Waals surface area contributed by atoms with Crippen LogP contribution in [0.5, 0.6) is 11.5 Å². The Morgan fingerprint density at radius 2 is 1.93 bits per heavy atom. The maximum Gasteiger partial charge on any atom is 0.358 e. The second-order valence-electron chi connectivity index (χ2n) is 5.68. The predicted molar refractivity (Wildman–Crippen MR) is 98.3 cm³/mol. The Kier molecular flexibility index (Phi) is 6.25. The zero-order chi connectivity index (χ0) is 19.2. The minimum absolute atomic E-state index is 0.166. The normalized spacial score (nSPS) is 13.9. The average molecular weight is 392 g/mol. The van der Waals surface area contributed by atoms with Crippen LogP contribution in [0.15, 0.2) is 23.6 Å². The number of morpholine rings is 1. The molecule has 1 aliphatic heterocycles. The highest BCUT2D eigenvalue weighted by Crippen LogP contribution is 2.33. The molecule has 0 spiro atoms. The summed E-state index contributed by atoms with van der Waals surface area (Å²) in [6.45, 7) is 1.72. The number of nitrogens with zero attached hydrogens (tertiary/aromatic N) is 2. The van der Waals surface area contributed by atoms with Crippen LogP contribution in [0.2, 0.25) is 0 Å². The van der Waals surface area contributed by atoms with Crippen LogP contribution in [0.4, 0.5) is 0 Å². The van der Waals surface area contributed by atoms with Gasteiger partial charge in [-0.3, -0.25) is 4.79 Å². The number of methoxy groups -OCH3 is 2. The van der Waals surface area contributed by atoms with Gasteiger partial charge in [0.15, 0.2) is 23.8 Å². The second kappa shape index (κ2) is 8.83. The van der Waals surface area contributed by atoms with Gasteiger partial charge >= 0.3 is 5.97 Å². The van der Waals surface area contributed by atoms with Crippen LogP contribution in [0.25, 0.3) is 10.6 Å². The Balaban J connectivity index is 1.63. The second-order valence-corrected chi connectivity index (χ2v) is 6.54. The van der Waals surface area contributed by atoms with Gasteiger partial charge in [-0.15, -0.1) is 11.3 Å². The van der Waals surface area contributed by atoms with Crippen molar-refractivity contribution in [3.63, 3.8) is 0 Å². The zero-order valence-corrected chi connectivity index (χ0v) is 15.9. The van der Waals surface area contributed by atoms with Crippen molar-refractivity contribution >= 4 is 23.2 Å². The quantitative estimate of drug-likeness (QED) is 0.693. The molecule has 8 nitrogen and oxygen atoms in total. The topological polar surface area (TPSA) is 87.2 Å². The van der Waals surface area contributed by atoms with E-state index in [2.05, 4.69) is 4.98 Å². The van der Waals surface area contributed by atoms with Crippen LogP contribution in [-0.2, 0) is 14.3 Å². The van der Waals surface area contributed by atoms with Crippen LogP contribution in [0.3, 0.4) is 0 Å². The molecule has 0 radical (unpaired) electrons. The van der Waals surface area contributed by atoms with Gasteiger partial charge in [0.25, 0.3) is 5.91 Å². The Labute approximate surface area is 160 Å². The summed E-state index contributed by atoms with van der Waals surface area (Å²) in [6.07, 6.45) is 0. The fraction of sp³-hybridized carbons (Fsp3) is 0.389. The fourth-order valence-electron chi connectivity index (χ4n) is 2.57. The molecule has 3 rings (SSSR count). The van der Waals surface area contributed by atoms with E-state index in [-0.39, 0.29) is 18.2 Å². The number of carbonyl (C=O) groups excluding carboxylic acids is 2. The number of rotatable bonds is 6. The van der Waals surface area contributed by atoms with Gasteiger partial charge in [0.1, 0.15) is 5.01 Å². The van der Waals surface area contributed by atoms with E-state index < -0.39 is 5.97 Å². The van der Waals surface area contributed by atoms with Gasteiger partial charge in [-0.1, -0.05) is 0 Å². The molecule has 0 atom stereocenters. The van der Waals surface area contributed by atoms with Crippen LogP contribution in [0.1, 0.15) is 10.5 Å². The largest absolute Gasteiger partial charge is 0.493 e. The number of hydrogen-bond donors (Lipinski definition) is 0. The van der Waals surface area contributed by atoms with E-state index in [0.717, 1.165) is 5.56 Å². The molecule has 1 amide bonds. The lowest BCUT2D eigenvalue weighted by atomic mass is 10.2. The molecule has 2 heterocycles. The van der Waals surface area contributed by atoms with Gasteiger partial charge in [0.05, 0.1) is 27.4 Å². The molecular weight excluding hydrogens is 372 g/mol. The smallest absolute Gasteiger partial charge is 0.358 e. The number of esters is 1. The van der Waals surface area contributed by atoms with Crippen molar-refractivity contribution < 1.29 is 28.5 Å². The minimum Gasteiger partial charge on any atom is -0.493 e. The maximum absolute atomic E-state index is 12.2. The van der Waals surface area contributed by atoms with Crippen LogP contribution < -0.4 is 9.47 Å². The first-order valence-corrected chi connectivity index (χ1v) is 9.21. The molecule has 1 aromatic heterocycles. The number of benzene rings is 1. The van der Waals surface area contributed by atoms with Gasteiger partial charge in [0, 0.05) is 24.0 Å². The third-order valence-corrected chi connectivity index (χ3v) is 4.93. The van der Waals surface area contributed by atoms with Crippen LogP contribution >= 0.6 is 11.3 Å². The van der Waals surface area contributed by atoms with E-state index in [1.54, 1.807) is 36.6 Å². The van der Waals surface area contributed by atoms with E-state index in [9.17, 15) is 9.59 Å². The molecule has 9 heteroatoms. The van der Waals surface area contributed by atoms with Gasteiger partial charge in [-0.05, 0) is 18.2 Å². The number of ether oxygens (including phenoxy) is 4. The summed E-state index contributed by atoms with van der Waals surface area (Å²) in [5, 5.41) is 2.25. The van der Waals surface area contributed by atoms with Crippen molar-refractivity contribution in [2.45, 2.75) is 0 Å². The van der Waals surface area contributed by atoms with Crippen molar-refractivity contribution in [2.24, 2.45) is 0 Å². The van der Waals surface area contributed by atoms with Crippen molar-refractivity contribution in [3.05, 3.63) is 29.3 Å². The molecule has 0 aliphatic carbocycles. The lowest BCUT2D eigenvalue weighted by molar-refractivity contribution is -0.138. The molecule has 0 bridgehead atoms. The number of amides is 1. The molecule has 1 fully saturated rings. The molecule has 2 aromatic rings. The summed E-state index contributed by atoms with van der Waals surface area (Å²) < 4.78 is 20.8. The summed E-state index contributed by atoms with van der Waals surface area (Å²) in [4.78, 5) is 30.1. The van der Waals surface area contributed by atoms with Gasteiger partial charge in [-0.25, -0.2) is 9.78 Å². The van der Waals surface area contributed by atoms with E-state index in [1.807, 2.05) is 6.07 Å². The van der Waals surface area contributed by atoms with Crippen molar-refractivity contribution in [3.8, 4) is 22.1 Å². The Bertz CT molecular complexity index is 816. The average Bonchev–Trinajstić information content (AvgIpc) is 3.22. The van der Waals surface area contributed by atoms with Crippen LogP contribution in [0, 0.1) is 0 Å². The molecule has 1 aliphatic rings. The maximum atomic E-state index is 12.2. The summed E-state index contributed by atoms with van der Waals surface area (Å²) in [5.74, 6) is 0.325. The monoisotopic (exact) mass is 392 g/mol. The Morgan fingerprint density at radius 3 is 2.63 bits per heavy atom. The molecule has 0 saturated carbocycles. The first-order chi connectivity index (χ1) is 13.1. The number of aromatic nitrogens is 1. The molecule has 144 valence electrons. The predicted octanol–water partition coefficient (Wildman–Crippen LogP) is 1.84. The third kappa shape index (κ3) is 4.55. The SMILES string of the molecule is COc1ccc(-c2nc(C(=O)OCC(=O)N3CCOCC3)cs2)cc1OC. The highest BCUT2D eigenvalue weighted by atomic mass is 32.1. The molecule has 1 aromatic carbocycles. The first kappa shape index (κ1) is 19.1. The van der Waals surface area contributed by atoms with E-state index in [4.69, 9.17) is 18.9 Å². The van der Waals surface area contributed by atoms with Crippen LogP contribution in [-0.4, -0.2) is 68.9 Å². The number of thiazole rings is 1. The molecule has 0 unspecified atom stereocenters. The molecule has 1 saturated heterocycles. The molecular formula is C18H20N2O6S. The fourth-order valence-corrected chi connectivity index (χ4v) is 3.36. The van der Waals surface area contributed by atoms with Crippen molar-refractivity contribution in [2.75, 3.05) is 47.1 Å². The summed E-state index contributed by atoms with van der Waals surface area (Å²) in [7, 11) is 3.12. The van der Waals surface area contributed by atoms with E-state index in [1.165, 1.54) is 11.3 Å². The number of hydrogen-bond acceptors (Lipinski definition) is 8. The van der Waals surface area contributed by atoms with Gasteiger partial charge in [-0.2, -0.15) is 0 Å². The molecule has 0 N–H and O–H groups in total. The standard InChI is InChI=1S/C18H20N2O6S/c1-23-14-4-3-12(9-15(14)24-2)17-19-13(11-27-17)18(22)26-10-16(21)20-5-7-25-8-6-20/h3-4,9,11H,5-8,10H2,1-2H3. The van der Waals surface area contributed by atoms with E-state index >= 15 is 0 Å². The van der Waals surface area contributed by atoms with Crippen molar-refractivity contribution in [1.82, 2.24) is 9.88 Å². The van der Waals surface area contributed by atoms with Crippen molar-refractivity contribution in [1.29, 1.82) is 0 Å². The lowest BCUT2D eigenvalue weighted by Crippen LogP contribution is -2.42. The first-order valence-electron chi connectivity index (χ1n) is 8.33. The van der Waals surface area contributed by atoms with Gasteiger partial charge < -0.3 is 23.8 Å².